The van der Waals surface area contributed by atoms with Crippen LogP contribution in [0.5, 0.6) is 0 Å². The van der Waals surface area contributed by atoms with Gasteiger partial charge < -0.3 is 0 Å². The largest absolute Gasteiger partial charge is 0.433 e. The van der Waals surface area contributed by atoms with Gasteiger partial charge in [0.25, 0.3) is 0 Å². The lowest BCUT2D eigenvalue weighted by molar-refractivity contribution is -0.141. The van der Waals surface area contributed by atoms with Crippen LogP contribution in [-0.4, -0.2) is 14.6 Å². The van der Waals surface area contributed by atoms with Crippen LogP contribution >= 0.6 is 0 Å². The Kier molecular flexibility index (Phi) is 2.93. The number of aromatic nitrogens is 3. The lowest BCUT2D eigenvalue weighted by atomic mass is 10.1. The average Bonchev–Trinajstić information content (AvgIpc) is 2.83. The fraction of sp³-hybridized carbons (Fsp3) is 0.143. The topological polar surface area (TPSA) is 30.2 Å². The number of halogens is 4. The minimum Gasteiger partial charge on any atom is -0.224 e. The summed E-state index contributed by atoms with van der Waals surface area (Å²) >= 11 is 0. The van der Waals surface area contributed by atoms with Gasteiger partial charge in [0, 0.05) is 17.3 Å². The molecule has 0 amide bonds. The number of rotatable bonds is 1. The first-order valence-electron chi connectivity index (χ1n) is 6.05. The number of hydrogen-bond acceptors (Lipinski definition) is 2. The van der Waals surface area contributed by atoms with Gasteiger partial charge in [-0.25, -0.2) is 13.9 Å². The molecule has 3 aromatic rings. The molecule has 1 aromatic carbocycles. The molecule has 0 aliphatic carbocycles. The highest BCUT2D eigenvalue weighted by molar-refractivity contribution is 5.64. The summed E-state index contributed by atoms with van der Waals surface area (Å²) in [6.45, 7) is 1.52. The molecule has 0 aliphatic heterocycles. The number of nitrogens with zero attached hydrogens (tertiary/aromatic N) is 3. The van der Waals surface area contributed by atoms with Crippen molar-refractivity contribution in [1.82, 2.24) is 14.6 Å². The predicted octanol–water partition coefficient (Wildman–Crippen LogP) is 3.86. The van der Waals surface area contributed by atoms with Gasteiger partial charge in [-0.05, 0) is 37.3 Å². The number of alkyl halides is 3. The summed E-state index contributed by atoms with van der Waals surface area (Å²) in [5, 5.41) is 4.20. The highest BCUT2D eigenvalue weighted by Gasteiger charge is 2.33. The van der Waals surface area contributed by atoms with Gasteiger partial charge in [-0.15, -0.1) is 0 Å². The second-order valence-corrected chi connectivity index (χ2v) is 4.59. The maximum atomic E-state index is 12.9. The van der Waals surface area contributed by atoms with Crippen molar-refractivity contribution in [1.29, 1.82) is 0 Å². The second-order valence-electron chi connectivity index (χ2n) is 4.59. The average molecular weight is 295 g/mol. The number of fused-ring (bicyclic) bond motifs is 1. The Morgan fingerprint density at radius 3 is 2.33 bits per heavy atom. The van der Waals surface area contributed by atoms with Crippen molar-refractivity contribution in [2.75, 3.05) is 0 Å². The quantitative estimate of drug-likeness (QED) is 0.638. The molecule has 0 fully saturated rings. The summed E-state index contributed by atoms with van der Waals surface area (Å²) in [7, 11) is 0. The van der Waals surface area contributed by atoms with E-state index < -0.39 is 17.7 Å². The van der Waals surface area contributed by atoms with Crippen LogP contribution in [0.3, 0.4) is 0 Å². The number of hydrogen-bond donors (Lipinski definition) is 0. The number of aryl methyl sites for hydroxylation is 1. The molecule has 3 rings (SSSR count). The van der Waals surface area contributed by atoms with Crippen molar-refractivity contribution >= 4 is 5.65 Å². The third kappa shape index (κ3) is 2.46. The Bertz CT molecular complexity index is 803. The van der Waals surface area contributed by atoms with Crippen LogP contribution < -0.4 is 0 Å². The summed E-state index contributed by atoms with van der Waals surface area (Å²) in [4.78, 5) is 3.57. The molecule has 0 spiro atoms. The lowest BCUT2D eigenvalue weighted by Gasteiger charge is -2.07. The van der Waals surface area contributed by atoms with Crippen LogP contribution in [0.25, 0.3) is 16.9 Å². The zero-order valence-electron chi connectivity index (χ0n) is 10.8. The van der Waals surface area contributed by atoms with Crippen LogP contribution in [0.15, 0.2) is 36.4 Å². The molecule has 0 atom stereocenters. The van der Waals surface area contributed by atoms with E-state index in [2.05, 4.69) is 10.1 Å². The fourth-order valence-corrected chi connectivity index (χ4v) is 2.03. The molecule has 0 radical (unpaired) electrons. The van der Waals surface area contributed by atoms with Crippen LogP contribution in [0.4, 0.5) is 17.6 Å². The van der Waals surface area contributed by atoms with Gasteiger partial charge in [-0.3, -0.25) is 0 Å². The fourth-order valence-electron chi connectivity index (χ4n) is 2.03. The van der Waals surface area contributed by atoms with E-state index in [1.165, 1.54) is 41.8 Å². The maximum absolute atomic E-state index is 12.9. The summed E-state index contributed by atoms with van der Waals surface area (Å²) in [5.41, 5.74) is 0.500. The molecule has 21 heavy (non-hydrogen) atoms. The van der Waals surface area contributed by atoms with Gasteiger partial charge in [-0.2, -0.15) is 18.3 Å². The van der Waals surface area contributed by atoms with E-state index in [9.17, 15) is 17.6 Å². The molecular weight excluding hydrogens is 286 g/mol. The van der Waals surface area contributed by atoms with Crippen LogP contribution in [0.2, 0.25) is 0 Å². The first-order valence-corrected chi connectivity index (χ1v) is 6.05. The summed E-state index contributed by atoms with van der Waals surface area (Å²) in [6, 6.07) is 7.93. The van der Waals surface area contributed by atoms with Crippen molar-refractivity contribution in [2.45, 2.75) is 13.1 Å². The standard InChI is InChI=1S/C14H9F4N3/c1-8-6-12(14(16,17)18)19-13-7-11(20-21(8)13)9-2-4-10(15)5-3-9/h2-7H,1H3. The normalized spacial score (nSPS) is 12.0. The zero-order valence-corrected chi connectivity index (χ0v) is 10.8. The highest BCUT2D eigenvalue weighted by atomic mass is 19.4. The summed E-state index contributed by atoms with van der Waals surface area (Å²) in [6.07, 6.45) is -4.51. The van der Waals surface area contributed by atoms with Crippen molar-refractivity contribution in [3.05, 3.63) is 53.6 Å². The van der Waals surface area contributed by atoms with Gasteiger partial charge in [0.15, 0.2) is 5.65 Å². The van der Waals surface area contributed by atoms with E-state index in [4.69, 9.17) is 0 Å². The highest BCUT2D eigenvalue weighted by Crippen LogP contribution is 2.29. The van der Waals surface area contributed by atoms with Gasteiger partial charge in [0.1, 0.15) is 11.5 Å². The monoisotopic (exact) mass is 295 g/mol. The van der Waals surface area contributed by atoms with Crippen molar-refractivity contribution in [2.24, 2.45) is 0 Å². The van der Waals surface area contributed by atoms with Crippen molar-refractivity contribution in [3.63, 3.8) is 0 Å². The summed E-state index contributed by atoms with van der Waals surface area (Å²) in [5.74, 6) is -0.392. The zero-order chi connectivity index (χ0) is 15.2. The van der Waals surface area contributed by atoms with Gasteiger partial charge in [0.05, 0.1) is 5.69 Å². The second kappa shape index (κ2) is 4.54. The van der Waals surface area contributed by atoms with E-state index in [0.29, 0.717) is 17.0 Å². The molecule has 0 N–H and O–H groups in total. The summed E-state index contributed by atoms with van der Waals surface area (Å²) < 4.78 is 52.4. The lowest BCUT2D eigenvalue weighted by Crippen LogP contribution is -2.10. The molecule has 2 heterocycles. The van der Waals surface area contributed by atoms with Gasteiger partial charge in [-0.1, -0.05) is 0 Å². The minimum absolute atomic E-state index is 0.0988. The van der Waals surface area contributed by atoms with Gasteiger partial charge in [0.2, 0.25) is 0 Å². The molecule has 0 bridgehead atoms. The molecule has 3 nitrogen and oxygen atoms in total. The first kappa shape index (κ1) is 13.5. The molecule has 7 heteroatoms. The van der Waals surface area contributed by atoms with E-state index in [1.807, 2.05) is 0 Å². The van der Waals surface area contributed by atoms with E-state index in [-0.39, 0.29) is 5.65 Å². The minimum atomic E-state index is -4.51. The first-order chi connectivity index (χ1) is 9.84. The maximum Gasteiger partial charge on any atom is 0.433 e. The van der Waals surface area contributed by atoms with E-state index in [1.54, 1.807) is 0 Å². The van der Waals surface area contributed by atoms with E-state index >= 15 is 0 Å². The SMILES string of the molecule is Cc1cc(C(F)(F)F)nc2cc(-c3ccc(F)cc3)nn12. The number of benzene rings is 1. The molecule has 0 aliphatic rings. The smallest absolute Gasteiger partial charge is 0.224 e. The Morgan fingerprint density at radius 1 is 1.05 bits per heavy atom. The molecular formula is C14H9F4N3. The van der Waals surface area contributed by atoms with Crippen molar-refractivity contribution < 1.29 is 17.6 Å². The third-order valence-electron chi connectivity index (χ3n) is 3.04. The predicted molar refractivity (Wildman–Crippen MR) is 68.1 cm³/mol. The Morgan fingerprint density at radius 2 is 1.71 bits per heavy atom. The molecule has 0 unspecified atom stereocenters. The molecule has 0 saturated heterocycles. The Hall–Kier alpha value is -2.44. The molecule has 108 valence electrons. The Labute approximate surface area is 116 Å². The van der Waals surface area contributed by atoms with Crippen LogP contribution in [0.1, 0.15) is 11.4 Å². The Balaban J connectivity index is 2.16. The van der Waals surface area contributed by atoms with Gasteiger partial charge >= 0.3 is 6.18 Å². The molecule has 0 saturated carbocycles. The van der Waals surface area contributed by atoms with Crippen LogP contribution in [0, 0.1) is 12.7 Å². The van der Waals surface area contributed by atoms with Crippen molar-refractivity contribution in [3.8, 4) is 11.3 Å². The van der Waals surface area contributed by atoms with Crippen LogP contribution in [-0.2, 0) is 6.18 Å². The molecule has 2 aromatic heterocycles. The third-order valence-corrected chi connectivity index (χ3v) is 3.04. The van der Waals surface area contributed by atoms with E-state index in [0.717, 1.165) is 6.07 Å².